The molecule has 2 aromatic rings. The van der Waals surface area contributed by atoms with Crippen LogP contribution in [0.2, 0.25) is 0 Å². The van der Waals surface area contributed by atoms with Crippen LogP contribution in [0.5, 0.6) is 0 Å². The van der Waals surface area contributed by atoms with Gasteiger partial charge in [0.2, 0.25) is 5.91 Å². The zero-order valence-corrected chi connectivity index (χ0v) is 15.4. The summed E-state index contributed by atoms with van der Waals surface area (Å²) < 4.78 is 38.0. The van der Waals surface area contributed by atoms with Crippen LogP contribution in [0.4, 0.5) is 13.2 Å². The van der Waals surface area contributed by atoms with Gasteiger partial charge in [0.05, 0.1) is 29.2 Å². The Morgan fingerprint density at radius 2 is 1.89 bits per heavy atom. The van der Waals surface area contributed by atoms with E-state index in [-0.39, 0.29) is 24.0 Å². The second-order valence-electron chi connectivity index (χ2n) is 7.69. The summed E-state index contributed by atoms with van der Waals surface area (Å²) in [6, 6.07) is 4.48. The number of carbonyl (C=O) groups is 1. The van der Waals surface area contributed by atoms with Gasteiger partial charge in [0.15, 0.2) is 0 Å². The van der Waals surface area contributed by atoms with E-state index >= 15 is 0 Å². The van der Waals surface area contributed by atoms with Gasteiger partial charge in [-0.25, -0.2) is 4.98 Å². The van der Waals surface area contributed by atoms with E-state index in [1.165, 1.54) is 18.6 Å². The maximum absolute atomic E-state index is 12.8. The van der Waals surface area contributed by atoms with Crippen molar-refractivity contribution in [3.63, 3.8) is 0 Å². The molecule has 0 radical (unpaired) electrons. The molecular weight excluding hydrogens is 369 g/mol. The number of imidazole rings is 1. The van der Waals surface area contributed by atoms with E-state index in [0.29, 0.717) is 12.0 Å². The van der Waals surface area contributed by atoms with Crippen LogP contribution in [0.15, 0.2) is 30.6 Å². The van der Waals surface area contributed by atoms with Gasteiger partial charge in [-0.05, 0) is 30.5 Å². The molecule has 4 rings (SSSR count). The number of carbonyl (C=O) groups excluding carboxylic acids is 1. The summed E-state index contributed by atoms with van der Waals surface area (Å²) in [5.41, 5.74) is 1.70. The molecule has 0 bridgehead atoms. The van der Waals surface area contributed by atoms with E-state index < -0.39 is 11.7 Å². The van der Waals surface area contributed by atoms with Crippen molar-refractivity contribution in [1.82, 2.24) is 20.6 Å². The van der Waals surface area contributed by atoms with Crippen LogP contribution in [0, 0.1) is 0 Å². The average Bonchev–Trinajstić information content (AvgIpc) is 3.16. The van der Waals surface area contributed by atoms with E-state index in [1.807, 2.05) is 0 Å². The minimum atomic E-state index is -4.36. The van der Waals surface area contributed by atoms with Gasteiger partial charge in [-0.2, -0.15) is 13.2 Å². The Bertz CT molecular complexity index is 838. The van der Waals surface area contributed by atoms with Crippen molar-refractivity contribution in [3.05, 3.63) is 53.1 Å². The van der Waals surface area contributed by atoms with Gasteiger partial charge in [-0.3, -0.25) is 10.1 Å². The first kappa shape index (κ1) is 19.0. The second-order valence-corrected chi connectivity index (χ2v) is 7.69. The highest BCUT2D eigenvalue weighted by atomic mass is 19.4. The molecule has 1 amide bonds. The van der Waals surface area contributed by atoms with Crippen LogP contribution < -0.4 is 10.6 Å². The first-order valence-electron chi connectivity index (χ1n) is 9.62. The molecule has 0 saturated heterocycles. The number of amides is 1. The highest BCUT2D eigenvalue weighted by molar-refractivity contribution is 5.82. The smallest absolute Gasteiger partial charge is 0.351 e. The summed E-state index contributed by atoms with van der Waals surface area (Å²) in [6.07, 6.45) is 3.14. The number of nitrogens with zero attached hydrogens (tertiary/aromatic N) is 1. The van der Waals surface area contributed by atoms with Gasteiger partial charge in [-0.15, -0.1) is 0 Å². The molecule has 2 aliphatic rings. The van der Waals surface area contributed by atoms with Gasteiger partial charge in [0.1, 0.15) is 0 Å². The zero-order chi connectivity index (χ0) is 19.8. The van der Waals surface area contributed by atoms with E-state index in [1.54, 1.807) is 6.33 Å². The van der Waals surface area contributed by atoms with Crippen LogP contribution >= 0.6 is 0 Å². The van der Waals surface area contributed by atoms with E-state index in [2.05, 4.69) is 20.6 Å². The molecule has 2 heterocycles. The number of H-pyrrole nitrogens is 1. The molecule has 1 saturated carbocycles. The molecular formula is C20H23F3N4O. The van der Waals surface area contributed by atoms with Crippen LogP contribution in [-0.2, 0) is 29.5 Å². The molecule has 8 heteroatoms. The molecule has 1 fully saturated rings. The third kappa shape index (κ3) is 3.65. The fourth-order valence-corrected chi connectivity index (χ4v) is 4.36. The largest absolute Gasteiger partial charge is 0.416 e. The molecule has 5 nitrogen and oxygen atoms in total. The Kier molecular flexibility index (Phi) is 4.91. The maximum Gasteiger partial charge on any atom is 0.416 e. The minimum Gasteiger partial charge on any atom is -0.351 e. The van der Waals surface area contributed by atoms with Crippen molar-refractivity contribution in [2.75, 3.05) is 0 Å². The van der Waals surface area contributed by atoms with Crippen molar-refractivity contribution in [2.45, 2.75) is 62.8 Å². The predicted molar refractivity (Wildman–Crippen MR) is 97.3 cm³/mol. The molecule has 3 N–H and O–H groups in total. The molecule has 1 atom stereocenters. The average molecular weight is 392 g/mol. The topological polar surface area (TPSA) is 69.8 Å². The van der Waals surface area contributed by atoms with Gasteiger partial charge in [0.25, 0.3) is 0 Å². The van der Waals surface area contributed by atoms with Crippen molar-refractivity contribution in [1.29, 1.82) is 0 Å². The summed E-state index contributed by atoms with van der Waals surface area (Å²) in [4.78, 5) is 20.4. The lowest BCUT2D eigenvalue weighted by Crippen LogP contribution is -2.58. The van der Waals surface area contributed by atoms with E-state index in [0.717, 1.165) is 49.2 Å². The normalized spacial score (nSPS) is 21.3. The Balaban J connectivity index is 1.43. The van der Waals surface area contributed by atoms with Gasteiger partial charge < -0.3 is 10.3 Å². The summed E-state index contributed by atoms with van der Waals surface area (Å²) in [5.74, 6) is -0.148. The Morgan fingerprint density at radius 3 is 2.57 bits per heavy atom. The highest BCUT2D eigenvalue weighted by Gasteiger charge is 2.44. The molecule has 150 valence electrons. The SMILES string of the molecule is O=C(NCc1ccc(C(F)(F)F)cc1)[C@@H]1Cc2[nH]cnc2C2(CCCCC2)N1. The van der Waals surface area contributed by atoms with Crippen LogP contribution in [0.3, 0.4) is 0 Å². The number of aromatic amines is 1. The zero-order valence-electron chi connectivity index (χ0n) is 15.4. The standard InChI is InChI=1S/C20H23F3N4O/c21-20(22,23)14-6-4-13(5-7-14)11-24-18(28)16-10-15-17(26-12-25-15)19(27-16)8-2-1-3-9-19/h4-7,12,16,27H,1-3,8-11H2,(H,24,28)(H,25,26)/t16-/m0/s1. The van der Waals surface area contributed by atoms with Crippen molar-refractivity contribution >= 4 is 5.91 Å². The number of aromatic nitrogens is 2. The summed E-state index contributed by atoms with van der Waals surface area (Å²) >= 11 is 0. The maximum atomic E-state index is 12.8. The summed E-state index contributed by atoms with van der Waals surface area (Å²) in [7, 11) is 0. The van der Waals surface area contributed by atoms with Gasteiger partial charge >= 0.3 is 6.18 Å². The Hall–Kier alpha value is -2.35. The van der Waals surface area contributed by atoms with Crippen LogP contribution in [0.1, 0.15) is 54.6 Å². The lowest BCUT2D eigenvalue weighted by molar-refractivity contribution is -0.137. The minimum absolute atomic E-state index is 0.148. The van der Waals surface area contributed by atoms with Gasteiger partial charge in [-0.1, -0.05) is 31.4 Å². The first-order chi connectivity index (χ1) is 13.4. The van der Waals surface area contributed by atoms with Crippen molar-refractivity contribution in [3.8, 4) is 0 Å². The Morgan fingerprint density at radius 1 is 1.18 bits per heavy atom. The number of rotatable bonds is 3. The number of alkyl halides is 3. The fourth-order valence-electron chi connectivity index (χ4n) is 4.36. The summed E-state index contributed by atoms with van der Waals surface area (Å²) in [6.45, 7) is 0.192. The number of benzene rings is 1. The summed E-state index contributed by atoms with van der Waals surface area (Å²) in [5, 5.41) is 6.39. The molecule has 1 aromatic heterocycles. The second kappa shape index (κ2) is 7.24. The number of fused-ring (bicyclic) bond motifs is 2. The lowest BCUT2D eigenvalue weighted by atomic mass is 9.75. The van der Waals surface area contributed by atoms with E-state index in [9.17, 15) is 18.0 Å². The number of nitrogens with one attached hydrogen (secondary N) is 3. The molecule has 0 unspecified atom stereocenters. The third-order valence-corrected chi connectivity index (χ3v) is 5.80. The first-order valence-corrected chi connectivity index (χ1v) is 9.62. The number of hydrogen-bond donors (Lipinski definition) is 3. The molecule has 28 heavy (non-hydrogen) atoms. The van der Waals surface area contributed by atoms with Crippen molar-refractivity contribution < 1.29 is 18.0 Å². The lowest BCUT2D eigenvalue weighted by Gasteiger charge is -2.43. The fraction of sp³-hybridized carbons (Fsp3) is 0.500. The molecule has 1 aliphatic heterocycles. The van der Waals surface area contributed by atoms with Crippen LogP contribution in [-0.4, -0.2) is 21.9 Å². The quantitative estimate of drug-likeness (QED) is 0.750. The van der Waals surface area contributed by atoms with Crippen molar-refractivity contribution in [2.24, 2.45) is 0 Å². The molecule has 1 spiro atoms. The molecule has 1 aromatic carbocycles. The molecule has 1 aliphatic carbocycles. The highest BCUT2D eigenvalue weighted by Crippen LogP contribution is 2.40. The number of halogens is 3. The van der Waals surface area contributed by atoms with Gasteiger partial charge in [0, 0.05) is 18.7 Å². The third-order valence-electron chi connectivity index (χ3n) is 5.80. The number of hydrogen-bond acceptors (Lipinski definition) is 3. The Labute approximate surface area is 161 Å². The monoisotopic (exact) mass is 392 g/mol. The van der Waals surface area contributed by atoms with E-state index in [4.69, 9.17) is 0 Å². The predicted octanol–water partition coefficient (Wildman–Crippen LogP) is 3.42. The van der Waals surface area contributed by atoms with Crippen LogP contribution in [0.25, 0.3) is 0 Å².